The zero-order valence-corrected chi connectivity index (χ0v) is 18.6. The lowest BCUT2D eigenvalue weighted by molar-refractivity contribution is 0.410. The molecule has 0 saturated carbocycles. The number of hydrogen-bond acceptors (Lipinski definition) is 3. The molecule has 5 aromatic rings. The summed E-state index contributed by atoms with van der Waals surface area (Å²) in [6.45, 7) is 7.06. The van der Waals surface area contributed by atoms with Gasteiger partial charge < -0.3 is 4.42 Å². The Morgan fingerprint density at radius 3 is 2.60 bits per heavy atom. The van der Waals surface area contributed by atoms with Crippen molar-refractivity contribution in [3.05, 3.63) is 64.2 Å². The Hall–Kier alpha value is -2.65. The van der Waals surface area contributed by atoms with Gasteiger partial charge in [0.25, 0.3) is 0 Å². The molecule has 2 aromatic carbocycles. The lowest BCUT2D eigenvalue weighted by atomic mass is 9.86. The molecule has 0 aliphatic heterocycles. The summed E-state index contributed by atoms with van der Waals surface area (Å²) < 4.78 is 49.2. The van der Waals surface area contributed by atoms with Crippen LogP contribution in [0.4, 0.5) is 0 Å². The quantitative estimate of drug-likeness (QED) is 0.288. The highest BCUT2D eigenvalue weighted by atomic mass is 32.1. The topological polar surface area (TPSA) is 26.0 Å². The van der Waals surface area contributed by atoms with E-state index in [0.29, 0.717) is 16.8 Å². The number of pyridine rings is 1. The molecule has 0 atom stereocenters. The zero-order valence-electron chi connectivity index (χ0n) is 22.8. The Labute approximate surface area is 188 Å². The van der Waals surface area contributed by atoms with Gasteiger partial charge in [-0.1, -0.05) is 39.0 Å². The largest absolute Gasteiger partial charge is 0.454 e. The molecule has 152 valence electrons. The number of rotatable bonds is 2. The van der Waals surface area contributed by atoms with Crippen LogP contribution in [0.5, 0.6) is 0 Å². The molecule has 0 amide bonds. The predicted molar refractivity (Wildman–Crippen MR) is 130 cm³/mol. The molecular formula is C27H27NOS. The van der Waals surface area contributed by atoms with E-state index in [4.69, 9.17) is 11.3 Å². The molecule has 2 nitrogen and oxygen atoms in total. The minimum absolute atomic E-state index is 0.0656. The Morgan fingerprint density at radius 1 is 1.07 bits per heavy atom. The fourth-order valence-electron chi connectivity index (χ4n) is 3.96. The molecular weight excluding hydrogens is 386 g/mol. The second-order valence-corrected chi connectivity index (χ2v) is 10.1. The fraction of sp³-hybridized carbons (Fsp3) is 0.296. The summed E-state index contributed by atoms with van der Waals surface area (Å²) in [5.41, 5.74) is 3.19. The average Bonchev–Trinajstić information content (AvgIpc) is 3.29. The molecule has 5 rings (SSSR count). The van der Waals surface area contributed by atoms with Gasteiger partial charge in [-0.15, -0.1) is 11.3 Å². The molecule has 3 aromatic heterocycles. The van der Waals surface area contributed by atoms with Crippen LogP contribution in [-0.2, 0) is 6.37 Å². The van der Waals surface area contributed by atoms with Crippen molar-refractivity contribution in [1.29, 1.82) is 0 Å². The van der Waals surface area contributed by atoms with Crippen LogP contribution in [0.1, 0.15) is 49.2 Å². The number of nitrogens with zero attached hydrogens (tertiary/aromatic N) is 1. The fourth-order valence-corrected chi connectivity index (χ4v) is 5.11. The van der Waals surface area contributed by atoms with Gasteiger partial charge in [-0.3, -0.25) is 4.98 Å². The lowest BCUT2D eigenvalue weighted by Gasteiger charge is -2.20. The van der Waals surface area contributed by atoms with Crippen LogP contribution in [0.3, 0.4) is 0 Å². The first kappa shape index (κ1) is 14.4. The Kier molecular flexibility index (Phi) is 3.20. The number of fused-ring (bicyclic) bond motifs is 5. The van der Waals surface area contributed by atoms with Crippen molar-refractivity contribution in [3.8, 4) is 11.3 Å². The lowest BCUT2D eigenvalue weighted by Crippen LogP contribution is -2.10. The van der Waals surface area contributed by atoms with E-state index < -0.39 is 18.6 Å². The van der Waals surface area contributed by atoms with Gasteiger partial charge in [-0.2, -0.15) is 0 Å². The van der Waals surface area contributed by atoms with Crippen LogP contribution in [0.25, 0.3) is 43.3 Å². The summed E-state index contributed by atoms with van der Waals surface area (Å²) >= 11 is 1.72. The summed E-state index contributed by atoms with van der Waals surface area (Å²) in [4.78, 5) is 5.74. The van der Waals surface area contributed by atoms with E-state index in [0.717, 1.165) is 21.1 Å². The highest BCUT2D eigenvalue weighted by Gasteiger charge is 2.19. The predicted octanol–water partition coefficient (Wildman–Crippen LogP) is 8.38. The monoisotopic (exact) mass is 418 g/mol. The first-order valence-electron chi connectivity index (χ1n) is 12.6. The van der Waals surface area contributed by atoms with Crippen molar-refractivity contribution >= 4 is 43.4 Å². The molecule has 0 radical (unpaired) electrons. The van der Waals surface area contributed by atoms with E-state index in [-0.39, 0.29) is 11.1 Å². The van der Waals surface area contributed by atoms with Crippen molar-refractivity contribution < 1.29 is 11.3 Å². The normalized spacial score (nSPS) is 15.8. The number of para-hydroxylation sites is 1. The third-order valence-corrected chi connectivity index (χ3v) is 6.72. The number of aryl methyl sites for hydroxylation is 3. The van der Waals surface area contributed by atoms with Gasteiger partial charge in [0.05, 0.1) is 10.4 Å². The number of thiophene rings is 1. The van der Waals surface area contributed by atoms with E-state index in [1.54, 1.807) is 38.2 Å². The van der Waals surface area contributed by atoms with Crippen LogP contribution in [0.2, 0.25) is 0 Å². The van der Waals surface area contributed by atoms with E-state index in [1.165, 1.54) is 22.0 Å². The first-order chi connectivity index (χ1) is 16.2. The van der Waals surface area contributed by atoms with E-state index >= 15 is 0 Å². The third-order valence-electron chi connectivity index (χ3n) is 5.50. The van der Waals surface area contributed by atoms with Gasteiger partial charge in [0.15, 0.2) is 5.58 Å². The van der Waals surface area contributed by atoms with Crippen molar-refractivity contribution in [3.63, 3.8) is 0 Å². The van der Waals surface area contributed by atoms with Gasteiger partial charge in [0, 0.05) is 34.3 Å². The van der Waals surface area contributed by atoms with Gasteiger partial charge in [-0.25, -0.2) is 0 Å². The second-order valence-electron chi connectivity index (χ2n) is 8.88. The maximum Gasteiger partial charge on any atom is 0.153 e. The van der Waals surface area contributed by atoms with Gasteiger partial charge in [0.1, 0.15) is 5.58 Å². The van der Waals surface area contributed by atoms with E-state index in [9.17, 15) is 0 Å². The minimum Gasteiger partial charge on any atom is -0.454 e. The molecule has 3 heterocycles. The maximum atomic E-state index is 8.83. The summed E-state index contributed by atoms with van der Waals surface area (Å²) in [5, 5.41) is 3.14. The van der Waals surface area contributed by atoms with E-state index in [2.05, 4.69) is 31.0 Å². The van der Waals surface area contributed by atoms with Crippen LogP contribution in [0.15, 0.2) is 47.0 Å². The van der Waals surface area contributed by atoms with Crippen molar-refractivity contribution in [2.45, 2.75) is 47.8 Å². The zero-order chi connectivity index (χ0) is 25.5. The molecule has 0 fully saturated rings. The van der Waals surface area contributed by atoms with E-state index in [1.807, 2.05) is 18.2 Å². The number of hydrogen-bond donors (Lipinski definition) is 0. The van der Waals surface area contributed by atoms with Crippen molar-refractivity contribution in [2.24, 2.45) is 5.41 Å². The Morgan fingerprint density at radius 2 is 1.83 bits per heavy atom. The van der Waals surface area contributed by atoms with Gasteiger partial charge in [-0.05, 0) is 72.8 Å². The summed E-state index contributed by atoms with van der Waals surface area (Å²) in [6.07, 6.45) is -0.596. The third kappa shape index (κ3) is 3.04. The molecule has 0 N–H and O–H groups in total. The van der Waals surface area contributed by atoms with Crippen LogP contribution in [-0.4, -0.2) is 4.98 Å². The second kappa shape index (κ2) is 6.68. The van der Waals surface area contributed by atoms with Crippen molar-refractivity contribution in [2.75, 3.05) is 0 Å². The molecule has 0 aliphatic carbocycles. The molecule has 0 spiro atoms. The van der Waals surface area contributed by atoms with Gasteiger partial charge >= 0.3 is 0 Å². The molecule has 0 aliphatic rings. The molecule has 3 heteroatoms. The highest BCUT2D eigenvalue weighted by Crippen LogP contribution is 2.42. The Bertz CT molecular complexity index is 1620. The molecule has 0 unspecified atom stereocenters. The molecule has 0 bridgehead atoms. The van der Waals surface area contributed by atoms with Crippen LogP contribution < -0.4 is 0 Å². The standard InChI is InChI=1S/C27H27NOS/c1-15-14-28-23(12-18(15)13-27(4,5)6)22-9-7-8-20-21-11-10-19-16(2)17(3)30-26(19)25(21)29-24(20)22/h7-12,14H,13H2,1-6H3/i1D3,13D2. The van der Waals surface area contributed by atoms with Gasteiger partial charge in [0.2, 0.25) is 0 Å². The Balaban J connectivity index is 1.81. The smallest absolute Gasteiger partial charge is 0.153 e. The molecule has 30 heavy (non-hydrogen) atoms. The van der Waals surface area contributed by atoms with Crippen molar-refractivity contribution in [1.82, 2.24) is 4.98 Å². The number of aromatic nitrogens is 1. The number of benzene rings is 2. The summed E-state index contributed by atoms with van der Waals surface area (Å²) in [7, 11) is 0. The SMILES string of the molecule is [2H]C([2H])([2H])c1cnc(-c2cccc3c2oc2c3ccc3c(C)c(C)sc32)cc1C([2H])([2H])C(C)(C)C. The maximum absolute atomic E-state index is 8.83. The summed E-state index contributed by atoms with van der Waals surface area (Å²) in [6, 6.07) is 11.6. The number of furan rings is 1. The first-order valence-corrected chi connectivity index (χ1v) is 10.9. The highest BCUT2D eigenvalue weighted by molar-refractivity contribution is 7.20. The average molecular weight is 419 g/mol. The van der Waals surface area contributed by atoms with Crippen LogP contribution >= 0.6 is 11.3 Å². The summed E-state index contributed by atoms with van der Waals surface area (Å²) in [5.74, 6) is 0. The molecule has 0 saturated heterocycles. The minimum atomic E-state index is -2.48. The van der Waals surface area contributed by atoms with Crippen LogP contribution in [0, 0.1) is 26.1 Å².